The fourth-order valence-electron chi connectivity index (χ4n) is 20.0. The Kier molecular flexibility index (Phi) is 19.3. The van der Waals surface area contributed by atoms with Gasteiger partial charge in [0.25, 0.3) is 0 Å². The van der Waals surface area contributed by atoms with Crippen LogP contribution in [0.5, 0.6) is 0 Å². The molecule has 6 aromatic heterocycles. The van der Waals surface area contributed by atoms with Crippen LogP contribution in [0, 0.1) is 0 Å². The Morgan fingerprint density at radius 3 is 0.826 bits per heavy atom. The third-order valence-electron chi connectivity index (χ3n) is 26.0. The second-order valence-corrected chi connectivity index (χ2v) is 36.0. The van der Waals surface area contributed by atoms with Gasteiger partial charge in [-0.25, -0.2) is 0 Å². The van der Waals surface area contributed by atoms with E-state index in [1.54, 1.807) is 0 Å². The van der Waals surface area contributed by atoms with E-state index >= 15 is 0 Å². The number of hydrogen-bond donors (Lipinski definition) is 0. The van der Waals surface area contributed by atoms with Gasteiger partial charge in [0.2, 0.25) is 0 Å². The van der Waals surface area contributed by atoms with Crippen molar-refractivity contribution < 1.29 is 17.7 Å². The van der Waals surface area contributed by atoms with Gasteiger partial charge in [0.15, 0.2) is 0 Å². The molecule has 0 atom stereocenters. The first-order valence-electron chi connectivity index (χ1n) is 44.8. The maximum absolute atomic E-state index is 6.60. The van der Waals surface area contributed by atoms with E-state index in [2.05, 4.69) is 443 Å². The van der Waals surface area contributed by atoms with Crippen molar-refractivity contribution in [1.29, 1.82) is 0 Å². The van der Waals surface area contributed by atoms with Crippen molar-refractivity contribution >= 4 is 151 Å². The van der Waals surface area contributed by atoms with Gasteiger partial charge in [0.05, 0.1) is 0 Å². The molecule has 0 bridgehead atoms. The van der Waals surface area contributed by atoms with Crippen molar-refractivity contribution in [3.8, 4) is 134 Å². The van der Waals surface area contributed by atoms with Gasteiger partial charge in [-0.2, -0.15) is 0 Å². The average molecular weight is 1720 g/mol. The first-order valence-corrected chi connectivity index (χ1v) is 46.4. The van der Waals surface area contributed by atoms with Crippen LogP contribution >= 0.6 is 22.7 Å². The van der Waals surface area contributed by atoms with Gasteiger partial charge < -0.3 is 17.7 Å². The van der Waals surface area contributed by atoms with E-state index in [1.807, 2.05) is 53.0 Å². The summed E-state index contributed by atoms with van der Waals surface area (Å²) in [6.45, 7) is 0. The minimum atomic E-state index is 0.872. The summed E-state index contributed by atoms with van der Waals surface area (Å²) in [5.41, 5.74) is 35.7. The number of furan rings is 4. The Bertz CT molecular complexity index is 9070. The van der Waals surface area contributed by atoms with Gasteiger partial charge in [0, 0.05) is 83.4 Å². The molecule has 6 heteroatoms. The van der Waals surface area contributed by atoms with E-state index in [1.165, 1.54) is 151 Å². The molecule has 0 N–H and O–H groups in total. The lowest BCUT2D eigenvalue weighted by Crippen LogP contribution is -1.90. The summed E-state index contributed by atoms with van der Waals surface area (Å²) in [4.78, 5) is 0. The largest absolute Gasteiger partial charge is 0.456 e. The Labute approximate surface area is 769 Å². The summed E-state index contributed by atoms with van der Waals surface area (Å²) in [6, 6.07) is 169. The second kappa shape index (κ2) is 32.8. The van der Waals surface area contributed by atoms with Crippen LogP contribution in [0.4, 0.5) is 0 Å². The van der Waals surface area contributed by atoms with Crippen molar-refractivity contribution in [2.24, 2.45) is 0 Å². The predicted octanol–water partition coefficient (Wildman–Crippen LogP) is 37.4. The van der Waals surface area contributed by atoms with E-state index in [4.69, 9.17) is 17.7 Å². The minimum absolute atomic E-state index is 0.872. The molecule has 6 heterocycles. The van der Waals surface area contributed by atoms with Crippen LogP contribution in [0.2, 0.25) is 0 Å². The third kappa shape index (κ3) is 13.8. The molecule has 0 amide bonds. The molecule has 0 aliphatic carbocycles. The molecule has 27 aromatic rings. The number of benzene rings is 21. The number of rotatable bonds is 12. The molecule has 0 radical (unpaired) electrons. The summed E-state index contributed by atoms with van der Waals surface area (Å²) >= 11 is 3.73. The molecule has 0 saturated heterocycles. The second-order valence-electron chi connectivity index (χ2n) is 33.8. The fourth-order valence-corrected chi connectivity index (χ4v) is 22.3. The van der Waals surface area contributed by atoms with Gasteiger partial charge in [-0.1, -0.05) is 352 Å². The van der Waals surface area contributed by atoms with Crippen LogP contribution in [-0.4, -0.2) is 0 Å². The first-order chi connectivity index (χ1) is 65.4. The summed E-state index contributed by atoms with van der Waals surface area (Å²) in [5, 5.41) is 14.3. The lowest BCUT2D eigenvalue weighted by Gasteiger charge is -2.15. The van der Waals surface area contributed by atoms with Gasteiger partial charge in [-0.15, -0.1) is 22.7 Å². The maximum atomic E-state index is 6.60. The molecule has 132 heavy (non-hydrogen) atoms. The maximum Gasteiger partial charge on any atom is 0.136 e. The van der Waals surface area contributed by atoms with Crippen molar-refractivity contribution in [1.82, 2.24) is 0 Å². The van der Waals surface area contributed by atoms with Gasteiger partial charge in [-0.3, -0.25) is 0 Å². The molecule has 21 aromatic carbocycles. The average Bonchev–Trinajstić information content (AvgIpc) is 1.58. The highest BCUT2D eigenvalue weighted by atomic mass is 32.1. The Morgan fingerprint density at radius 2 is 0.379 bits per heavy atom. The summed E-state index contributed by atoms with van der Waals surface area (Å²) in [5.74, 6) is 0. The minimum Gasteiger partial charge on any atom is -0.456 e. The first kappa shape index (κ1) is 77.6. The number of thiophene rings is 2. The summed E-state index contributed by atoms with van der Waals surface area (Å²) < 4.78 is 31.0. The zero-order valence-corrected chi connectivity index (χ0v) is 73.1. The number of fused-ring (bicyclic) bond motifs is 18. The number of para-hydroxylation sites is 4. The molecule has 0 aliphatic rings. The van der Waals surface area contributed by atoms with E-state index in [0.717, 1.165) is 110 Å². The lowest BCUT2D eigenvalue weighted by molar-refractivity contribution is 0.668. The molecule has 0 unspecified atom stereocenters. The highest BCUT2D eigenvalue weighted by molar-refractivity contribution is 7.26. The normalized spacial score (nSPS) is 11.6. The molecular formula is C126H78O4S2. The molecule has 0 aliphatic heterocycles. The van der Waals surface area contributed by atoms with Crippen LogP contribution in [0.3, 0.4) is 0 Å². The SMILES string of the molecule is c1ccc(-c2cc(-c3ccccc3)cc(-c3cc(-c4cccc5oc6ccccc6c45)c4c(c3)sc3ccccc34)c2)cc1.c1ccc(-c2ccc(-c3cc(-c4cccc5oc6ccccc6c45)c4c(c3)oc3ccccc34)cc2-c2ccccc2)cc1.c1ccc(-c2ccc(-c3cc(-c4cccc5sc6ccccc6c45)c4c(c3)oc3ccccc34)c(-c3ccccc3)c2)cc1. The Morgan fingerprint density at radius 1 is 0.114 bits per heavy atom. The molecule has 0 fully saturated rings. The molecule has 4 nitrogen and oxygen atoms in total. The van der Waals surface area contributed by atoms with E-state index < -0.39 is 0 Å². The predicted molar refractivity (Wildman–Crippen MR) is 559 cm³/mol. The van der Waals surface area contributed by atoms with E-state index in [0.29, 0.717) is 0 Å². The van der Waals surface area contributed by atoms with E-state index in [-0.39, 0.29) is 0 Å². The Hall–Kier alpha value is -16.7. The molecule has 0 saturated carbocycles. The summed E-state index contributed by atoms with van der Waals surface area (Å²) in [6.07, 6.45) is 0. The molecule has 618 valence electrons. The molecular weight excluding hydrogens is 1640 g/mol. The van der Waals surface area contributed by atoms with Crippen molar-refractivity contribution in [3.05, 3.63) is 473 Å². The highest BCUT2D eigenvalue weighted by Gasteiger charge is 2.26. The van der Waals surface area contributed by atoms with Crippen molar-refractivity contribution in [2.45, 2.75) is 0 Å². The van der Waals surface area contributed by atoms with E-state index in [9.17, 15) is 0 Å². The van der Waals surface area contributed by atoms with Gasteiger partial charge in [-0.05, 0) is 255 Å². The zero-order chi connectivity index (χ0) is 87.1. The van der Waals surface area contributed by atoms with Crippen molar-refractivity contribution in [3.63, 3.8) is 0 Å². The standard InChI is InChI=1S/C42H26O2.2C42H26OS/c1-3-12-27(13-4-1)31-23-22-29(24-35(31)28-14-5-2-6-15-28)30-25-36(42-34-17-8-10-20-38(34)44-40(42)26-30)32-18-11-21-39-41(32)33-16-7-9-19-37(33)43-39;1-3-12-27(13-4-1)29-22-30(28-14-5-2-6-15-28)24-31(23-29)32-25-36(42-35-17-8-10-21-39(35)44-40(42)26-32)33-18-11-20-38-41(33)34-16-7-9-19-37(34)43-38;1-3-12-27(13-4-1)29-22-23-31(35(24-29)28-14-5-2-6-15-28)30-25-36(41-33-16-7-9-19-37(33)43-38(41)26-30)32-18-11-21-40-42(32)34-17-8-10-20-39(34)44-40/h3*1-26H. The quantitative estimate of drug-likeness (QED) is 0.122. The molecule has 27 rings (SSSR count). The smallest absolute Gasteiger partial charge is 0.136 e. The van der Waals surface area contributed by atoms with Crippen LogP contribution < -0.4 is 0 Å². The zero-order valence-electron chi connectivity index (χ0n) is 71.5. The monoisotopic (exact) mass is 1720 g/mol. The Balaban J connectivity index is 0.000000106. The van der Waals surface area contributed by atoms with Crippen LogP contribution in [-0.2, 0) is 0 Å². The third-order valence-corrected chi connectivity index (χ3v) is 28.3. The van der Waals surface area contributed by atoms with Gasteiger partial charge >= 0.3 is 0 Å². The van der Waals surface area contributed by atoms with Crippen LogP contribution in [0.15, 0.2) is 491 Å². The van der Waals surface area contributed by atoms with Crippen LogP contribution in [0.25, 0.3) is 262 Å². The molecule has 0 spiro atoms. The lowest BCUT2D eigenvalue weighted by atomic mass is 9.88. The topological polar surface area (TPSA) is 52.6 Å². The summed E-state index contributed by atoms with van der Waals surface area (Å²) in [7, 11) is 0. The van der Waals surface area contributed by atoms with Crippen LogP contribution in [0.1, 0.15) is 0 Å². The fraction of sp³-hybridized carbons (Fsp3) is 0. The highest BCUT2D eigenvalue weighted by Crippen LogP contribution is 2.52. The van der Waals surface area contributed by atoms with Crippen molar-refractivity contribution in [2.75, 3.05) is 0 Å². The number of hydrogen-bond acceptors (Lipinski definition) is 6. The van der Waals surface area contributed by atoms with Gasteiger partial charge in [0.1, 0.15) is 44.7 Å².